The van der Waals surface area contributed by atoms with Crippen LogP contribution >= 0.6 is 0 Å². The summed E-state index contributed by atoms with van der Waals surface area (Å²) in [6.07, 6.45) is -2.53. The average molecular weight is 432 g/mol. The van der Waals surface area contributed by atoms with Crippen LogP contribution in [-0.2, 0) is 6.18 Å². The number of hydrogen-bond donors (Lipinski definition) is 2. The fraction of sp³-hybridized carbons (Fsp3) is 0.273. The summed E-state index contributed by atoms with van der Waals surface area (Å²) in [5.74, 6) is -1.38. The first-order chi connectivity index (χ1) is 14.7. The molecule has 1 aromatic heterocycles. The highest BCUT2D eigenvalue weighted by molar-refractivity contribution is 5.91. The van der Waals surface area contributed by atoms with Crippen molar-refractivity contribution in [3.05, 3.63) is 82.9 Å². The summed E-state index contributed by atoms with van der Waals surface area (Å²) in [7, 11) is 0. The fourth-order valence-corrected chi connectivity index (χ4v) is 3.43. The van der Waals surface area contributed by atoms with Crippen molar-refractivity contribution in [3.63, 3.8) is 0 Å². The number of nitrogens with two attached hydrogens (primary N) is 1. The normalized spacial score (nSPS) is 15.1. The molecule has 1 atom stereocenters. The first-order valence-electron chi connectivity index (χ1n) is 9.79. The second-order valence-corrected chi connectivity index (χ2v) is 7.59. The van der Waals surface area contributed by atoms with Gasteiger partial charge in [-0.25, -0.2) is 9.07 Å². The third-order valence-electron chi connectivity index (χ3n) is 5.22. The van der Waals surface area contributed by atoms with Crippen molar-refractivity contribution in [3.8, 4) is 5.69 Å². The molecule has 5 nitrogen and oxygen atoms in total. The molecular formula is C22H20F4N4O. The summed E-state index contributed by atoms with van der Waals surface area (Å²) in [6.45, 7) is 0.763. The van der Waals surface area contributed by atoms with Gasteiger partial charge < -0.3 is 11.1 Å². The van der Waals surface area contributed by atoms with E-state index < -0.39 is 29.3 Å². The Morgan fingerprint density at radius 1 is 1.13 bits per heavy atom. The first kappa shape index (κ1) is 21.0. The van der Waals surface area contributed by atoms with Gasteiger partial charge in [0, 0.05) is 6.07 Å². The Bertz CT molecular complexity index is 1090. The highest BCUT2D eigenvalue weighted by Gasteiger charge is 2.36. The topological polar surface area (TPSA) is 72.9 Å². The van der Waals surface area contributed by atoms with Crippen LogP contribution in [0.4, 0.5) is 17.6 Å². The molecule has 162 valence electrons. The Kier molecular flexibility index (Phi) is 5.53. The monoisotopic (exact) mass is 432 g/mol. The molecule has 1 aliphatic rings. The Balaban J connectivity index is 1.79. The second kappa shape index (κ2) is 8.14. The minimum atomic E-state index is -4.80. The lowest BCUT2D eigenvalue weighted by molar-refractivity contribution is -0.141. The van der Waals surface area contributed by atoms with E-state index in [2.05, 4.69) is 10.4 Å². The maximum absolute atomic E-state index is 14.7. The zero-order valence-corrected chi connectivity index (χ0v) is 16.4. The van der Waals surface area contributed by atoms with E-state index in [1.54, 1.807) is 6.07 Å². The van der Waals surface area contributed by atoms with Crippen LogP contribution in [-0.4, -0.2) is 22.2 Å². The lowest BCUT2D eigenvalue weighted by Crippen LogP contribution is -2.25. The van der Waals surface area contributed by atoms with E-state index in [0.717, 1.165) is 31.0 Å². The maximum atomic E-state index is 14.7. The molecule has 0 bridgehead atoms. The number of carbonyl (C=O) groups is 1. The summed E-state index contributed by atoms with van der Waals surface area (Å²) in [6, 6.07) is 13.8. The van der Waals surface area contributed by atoms with Crippen LogP contribution in [0.1, 0.15) is 46.2 Å². The summed E-state index contributed by atoms with van der Waals surface area (Å²) in [4.78, 5) is 11.7. The first-order valence-corrected chi connectivity index (χ1v) is 9.79. The lowest BCUT2D eigenvalue weighted by atomic mass is 9.98. The van der Waals surface area contributed by atoms with Crippen molar-refractivity contribution >= 4 is 5.91 Å². The van der Waals surface area contributed by atoms with Gasteiger partial charge >= 0.3 is 6.18 Å². The molecule has 1 unspecified atom stereocenters. The predicted molar refractivity (Wildman–Crippen MR) is 106 cm³/mol. The third kappa shape index (κ3) is 4.61. The van der Waals surface area contributed by atoms with Gasteiger partial charge in [-0.1, -0.05) is 36.4 Å². The molecule has 1 aliphatic carbocycles. The number of carbonyl (C=O) groups excluding carboxylic acids is 1. The highest BCUT2D eigenvalue weighted by atomic mass is 19.4. The van der Waals surface area contributed by atoms with Crippen LogP contribution < -0.4 is 11.1 Å². The zero-order valence-electron chi connectivity index (χ0n) is 16.4. The van der Waals surface area contributed by atoms with Crippen molar-refractivity contribution < 1.29 is 22.4 Å². The summed E-state index contributed by atoms with van der Waals surface area (Å²) in [5.41, 5.74) is 4.63. The maximum Gasteiger partial charge on any atom is 0.435 e. The van der Waals surface area contributed by atoms with E-state index in [-0.39, 0.29) is 11.7 Å². The Labute approximate surface area is 175 Å². The Morgan fingerprint density at radius 3 is 2.45 bits per heavy atom. The standard InChI is InChI=1S/C22H20F4N4O/c23-16-9-8-15(20(28-12-13-6-7-13)14-4-2-1-3-5-14)10-17(16)30-18(21(27)31)11-19(29-30)22(24,25)26/h1-5,8-11,13,20,28H,6-7,12H2,(H2,27,31). The molecule has 0 saturated heterocycles. The van der Waals surface area contributed by atoms with E-state index in [1.807, 2.05) is 30.3 Å². The molecule has 1 amide bonds. The number of primary amides is 1. The van der Waals surface area contributed by atoms with E-state index in [0.29, 0.717) is 22.2 Å². The van der Waals surface area contributed by atoms with Crippen LogP contribution in [0.15, 0.2) is 54.6 Å². The lowest BCUT2D eigenvalue weighted by Gasteiger charge is -2.21. The molecule has 1 saturated carbocycles. The van der Waals surface area contributed by atoms with Crippen LogP contribution in [0.2, 0.25) is 0 Å². The van der Waals surface area contributed by atoms with Gasteiger partial charge in [0.05, 0.1) is 6.04 Å². The van der Waals surface area contributed by atoms with Crippen molar-refractivity contribution in [2.75, 3.05) is 6.54 Å². The fourth-order valence-electron chi connectivity index (χ4n) is 3.43. The molecule has 0 radical (unpaired) electrons. The molecular weight excluding hydrogens is 412 g/mol. The summed E-state index contributed by atoms with van der Waals surface area (Å²) >= 11 is 0. The van der Waals surface area contributed by atoms with Gasteiger partial charge in [0.2, 0.25) is 0 Å². The summed E-state index contributed by atoms with van der Waals surface area (Å²) < 4.78 is 54.7. The minimum absolute atomic E-state index is 0.282. The molecule has 3 aromatic rings. The average Bonchev–Trinajstić information content (AvgIpc) is 3.43. The van der Waals surface area contributed by atoms with Crippen molar-refractivity contribution in [1.29, 1.82) is 0 Å². The SMILES string of the molecule is NC(=O)c1cc(C(F)(F)F)nn1-c1cc(C(NCC2CC2)c2ccccc2)ccc1F. The Morgan fingerprint density at radius 2 is 1.84 bits per heavy atom. The predicted octanol–water partition coefficient (Wildman–Crippen LogP) is 4.22. The van der Waals surface area contributed by atoms with Gasteiger partial charge in [-0.05, 0) is 48.6 Å². The minimum Gasteiger partial charge on any atom is -0.364 e. The number of alkyl halides is 3. The molecule has 2 aromatic carbocycles. The number of nitrogens with zero attached hydrogens (tertiary/aromatic N) is 2. The zero-order chi connectivity index (χ0) is 22.2. The van der Waals surface area contributed by atoms with E-state index >= 15 is 0 Å². The van der Waals surface area contributed by atoms with Gasteiger partial charge in [-0.3, -0.25) is 4.79 Å². The number of rotatable bonds is 7. The molecule has 9 heteroatoms. The molecule has 3 N–H and O–H groups in total. The number of hydrogen-bond acceptors (Lipinski definition) is 3. The van der Waals surface area contributed by atoms with E-state index in [1.165, 1.54) is 6.07 Å². The highest BCUT2D eigenvalue weighted by Crippen LogP contribution is 2.32. The molecule has 0 spiro atoms. The van der Waals surface area contributed by atoms with E-state index in [9.17, 15) is 22.4 Å². The van der Waals surface area contributed by atoms with Gasteiger partial charge in [0.1, 0.15) is 17.2 Å². The van der Waals surface area contributed by atoms with E-state index in [4.69, 9.17) is 5.73 Å². The summed E-state index contributed by atoms with van der Waals surface area (Å²) in [5, 5.41) is 6.88. The third-order valence-corrected chi connectivity index (χ3v) is 5.22. The van der Waals surface area contributed by atoms with Gasteiger partial charge in [-0.2, -0.15) is 18.3 Å². The number of amides is 1. The van der Waals surface area contributed by atoms with Crippen LogP contribution in [0, 0.1) is 11.7 Å². The largest absolute Gasteiger partial charge is 0.435 e. The van der Waals surface area contributed by atoms with Crippen molar-refractivity contribution in [2.45, 2.75) is 25.1 Å². The molecule has 31 heavy (non-hydrogen) atoms. The number of halogens is 4. The molecule has 1 heterocycles. The number of aromatic nitrogens is 2. The van der Waals surface area contributed by atoms with Gasteiger partial charge in [0.25, 0.3) is 5.91 Å². The molecule has 4 rings (SSSR count). The van der Waals surface area contributed by atoms with Crippen LogP contribution in [0.5, 0.6) is 0 Å². The number of nitrogens with one attached hydrogen (secondary N) is 1. The van der Waals surface area contributed by atoms with Crippen LogP contribution in [0.3, 0.4) is 0 Å². The molecule has 1 fully saturated rings. The smallest absolute Gasteiger partial charge is 0.364 e. The van der Waals surface area contributed by atoms with Gasteiger partial charge in [-0.15, -0.1) is 0 Å². The Hall–Kier alpha value is -3.20. The van der Waals surface area contributed by atoms with Crippen molar-refractivity contribution in [1.82, 2.24) is 15.1 Å². The molecule has 0 aliphatic heterocycles. The van der Waals surface area contributed by atoms with Crippen molar-refractivity contribution in [2.24, 2.45) is 11.7 Å². The number of benzene rings is 2. The van der Waals surface area contributed by atoms with Gasteiger partial charge in [0.15, 0.2) is 5.69 Å². The second-order valence-electron chi connectivity index (χ2n) is 7.59. The quantitative estimate of drug-likeness (QED) is 0.549. The van der Waals surface area contributed by atoms with Crippen LogP contribution in [0.25, 0.3) is 5.69 Å².